The highest BCUT2D eigenvalue weighted by Gasteiger charge is 2.16. The highest BCUT2D eigenvalue weighted by molar-refractivity contribution is 5.91. The van der Waals surface area contributed by atoms with Crippen molar-refractivity contribution in [2.75, 3.05) is 7.05 Å². The van der Waals surface area contributed by atoms with Gasteiger partial charge in [0.2, 0.25) is 0 Å². The third-order valence-corrected chi connectivity index (χ3v) is 2.79. The Bertz CT molecular complexity index is 606. The molecule has 0 aliphatic carbocycles. The molecule has 2 aromatic rings. The second-order valence-corrected chi connectivity index (χ2v) is 4.19. The first-order valence-corrected chi connectivity index (χ1v) is 5.86. The molecule has 6 heteroatoms. The molecule has 0 bridgehead atoms. The van der Waals surface area contributed by atoms with E-state index in [1.165, 1.54) is 30.1 Å². The number of hydrogen-bond donors (Lipinski definition) is 2. The summed E-state index contributed by atoms with van der Waals surface area (Å²) in [5.41, 5.74) is 6.95. The zero-order valence-electron chi connectivity index (χ0n) is 10.7. The Kier molecular flexibility index (Phi) is 3.62. The smallest absolute Gasteiger partial charge is 0.271 e. The number of carbonyl (C=O) groups is 1. The zero-order valence-corrected chi connectivity index (χ0v) is 10.7. The Morgan fingerprint density at radius 3 is 2.84 bits per heavy atom. The standard InChI is InChI=1S/C13H15FN4O/c1-8(15)9-4-3-5-10(14)12(9)18-7-6-11(17-18)13(19)16-2/h3-8H,15H2,1-2H3,(H,16,19). The van der Waals surface area contributed by atoms with Crippen LogP contribution < -0.4 is 11.1 Å². The molecule has 2 rings (SSSR count). The largest absolute Gasteiger partial charge is 0.354 e. The summed E-state index contributed by atoms with van der Waals surface area (Å²) in [5, 5.41) is 6.53. The number of halogens is 1. The third kappa shape index (κ3) is 2.48. The minimum Gasteiger partial charge on any atom is -0.354 e. The molecule has 5 nitrogen and oxygen atoms in total. The van der Waals surface area contributed by atoms with Crippen LogP contribution in [0.4, 0.5) is 4.39 Å². The monoisotopic (exact) mass is 262 g/mol. The van der Waals surface area contributed by atoms with Gasteiger partial charge in [0.05, 0.1) is 0 Å². The summed E-state index contributed by atoms with van der Waals surface area (Å²) >= 11 is 0. The number of nitrogens with one attached hydrogen (secondary N) is 1. The normalized spacial score (nSPS) is 12.2. The van der Waals surface area contributed by atoms with Crippen molar-refractivity contribution < 1.29 is 9.18 Å². The van der Waals surface area contributed by atoms with E-state index < -0.39 is 5.82 Å². The quantitative estimate of drug-likeness (QED) is 0.878. The topological polar surface area (TPSA) is 72.9 Å². The van der Waals surface area contributed by atoms with Gasteiger partial charge in [-0.3, -0.25) is 4.79 Å². The molecule has 100 valence electrons. The number of amides is 1. The van der Waals surface area contributed by atoms with Gasteiger partial charge in [0.1, 0.15) is 11.5 Å². The average molecular weight is 262 g/mol. The molecule has 3 N–H and O–H groups in total. The fraction of sp³-hybridized carbons (Fsp3) is 0.231. The van der Waals surface area contributed by atoms with E-state index in [0.717, 1.165) is 0 Å². The fourth-order valence-electron chi connectivity index (χ4n) is 1.84. The van der Waals surface area contributed by atoms with Crippen LogP contribution in [0.15, 0.2) is 30.5 Å². The summed E-state index contributed by atoms with van der Waals surface area (Å²) in [6.45, 7) is 1.77. The van der Waals surface area contributed by atoms with Gasteiger partial charge in [-0.05, 0) is 24.6 Å². The number of nitrogens with zero attached hydrogens (tertiary/aromatic N) is 2. The van der Waals surface area contributed by atoms with Crippen molar-refractivity contribution in [3.8, 4) is 5.69 Å². The summed E-state index contributed by atoms with van der Waals surface area (Å²) in [6.07, 6.45) is 1.54. The van der Waals surface area contributed by atoms with Crippen molar-refractivity contribution in [2.24, 2.45) is 5.73 Å². The number of nitrogens with two attached hydrogens (primary N) is 1. The molecule has 0 fully saturated rings. The molecule has 0 aliphatic rings. The maximum atomic E-state index is 14.0. The van der Waals surface area contributed by atoms with E-state index in [2.05, 4.69) is 10.4 Å². The Balaban J connectivity index is 2.53. The van der Waals surface area contributed by atoms with Gasteiger partial charge >= 0.3 is 0 Å². The predicted molar refractivity (Wildman–Crippen MR) is 69.5 cm³/mol. The van der Waals surface area contributed by atoms with Crippen molar-refractivity contribution >= 4 is 5.91 Å². The molecule has 0 saturated heterocycles. The van der Waals surface area contributed by atoms with Crippen LogP contribution in [0, 0.1) is 5.82 Å². The predicted octanol–water partition coefficient (Wildman–Crippen LogP) is 1.39. The molecular formula is C13H15FN4O. The van der Waals surface area contributed by atoms with Gasteiger partial charge in [-0.15, -0.1) is 0 Å². The molecule has 0 aliphatic heterocycles. The number of hydrogen-bond acceptors (Lipinski definition) is 3. The van der Waals surface area contributed by atoms with Gasteiger partial charge in [0.25, 0.3) is 5.91 Å². The van der Waals surface area contributed by atoms with Crippen LogP contribution in [0.2, 0.25) is 0 Å². The minimum atomic E-state index is -0.429. The SMILES string of the molecule is CNC(=O)c1ccn(-c2c(F)cccc2C(C)N)n1. The Morgan fingerprint density at radius 2 is 2.21 bits per heavy atom. The summed E-state index contributed by atoms with van der Waals surface area (Å²) in [4.78, 5) is 11.5. The van der Waals surface area contributed by atoms with E-state index >= 15 is 0 Å². The molecule has 1 aromatic carbocycles. The summed E-state index contributed by atoms with van der Waals surface area (Å²) < 4.78 is 15.3. The third-order valence-electron chi connectivity index (χ3n) is 2.79. The van der Waals surface area contributed by atoms with Crippen LogP contribution in [0.3, 0.4) is 0 Å². The number of para-hydroxylation sites is 1. The Labute approximate surface area is 110 Å². The molecule has 0 radical (unpaired) electrons. The molecule has 0 saturated carbocycles. The number of benzene rings is 1. The lowest BCUT2D eigenvalue weighted by Crippen LogP contribution is -2.19. The van der Waals surface area contributed by atoms with Gasteiger partial charge in [0.15, 0.2) is 5.69 Å². The highest BCUT2D eigenvalue weighted by atomic mass is 19.1. The summed E-state index contributed by atoms with van der Waals surface area (Å²) in [6, 6.07) is 5.86. The van der Waals surface area contributed by atoms with Crippen LogP contribution in [-0.2, 0) is 0 Å². The first kappa shape index (κ1) is 13.2. The van der Waals surface area contributed by atoms with Gasteiger partial charge < -0.3 is 11.1 Å². The highest BCUT2D eigenvalue weighted by Crippen LogP contribution is 2.22. The van der Waals surface area contributed by atoms with Crippen LogP contribution in [0.1, 0.15) is 29.0 Å². The first-order chi connectivity index (χ1) is 9.04. The lowest BCUT2D eigenvalue weighted by molar-refractivity contribution is 0.0957. The number of aromatic nitrogens is 2. The maximum Gasteiger partial charge on any atom is 0.271 e. The van der Waals surface area contributed by atoms with Crippen molar-refractivity contribution in [1.82, 2.24) is 15.1 Å². The van der Waals surface area contributed by atoms with E-state index in [0.29, 0.717) is 5.56 Å². The van der Waals surface area contributed by atoms with E-state index in [4.69, 9.17) is 5.73 Å². The van der Waals surface area contributed by atoms with Gasteiger partial charge in [0, 0.05) is 19.3 Å². The molecule has 0 spiro atoms. The summed E-state index contributed by atoms with van der Waals surface area (Å²) in [7, 11) is 1.51. The molecule has 1 aromatic heterocycles. The maximum absolute atomic E-state index is 14.0. The first-order valence-electron chi connectivity index (χ1n) is 5.86. The van der Waals surface area contributed by atoms with Crippen LogP contribution in [-0.4, -0.2) is 22.7 Å². The molecule has 1 amide bonds. The van der Waals surface area contributed by atoms with Crippen molar-refractivity contribution in [2.45, 2.75) is 13.0 Å². The Hall–Kier alpha value is -2.21. The van der Waals surface area contributed by atoms with Gasteiger partial charge in [-0.1, -0.05) is 12.1 Å². The van der Waals surface area contributed by atoms with Crippen LogP contribution in [0.25, 0.3) is 5.69 Å². The van der Waals surface area contributed by atoms with Crippen LogP contribution in [0.5, 0.6) is 0 Å². The lowest BCUT2D eigenvalue weighted by atomic mass is 10.1. The Morgan fingerprint density at radius 1 is 1.47 bits per heavy atom. The fourth-order valence-corrected chi connectivity index (χ4v) is 1.84. The summed E-state index contributed by atoms with van der Waals surface area (Å²) in [5.74, 6) is -0.751. The molecular weight excluding hydrogens is 247 g/mol. The molecule has 1 unspecified atom stereocenters. The van der Waals surface area contributed by atoms with Crippen molar-refractivity contribution in [3.63, 3.8) is 0 Å². The lowest BCUT2D eigenvalue weighted by Gasteiger charge is -2.13. The minimum absolute atomic E-state index is 0.223. The van der Waals surface area contributed by atoms with Crippen molar-refractivity contribution in [3.05, 3.63) is 47.5 Å². The molecule has 1 heterocycles. The zero-order chi connectivity index (χ0) is 14.0. The second-order valence-electron chi connectivity index (χ2n) is 4.19. The van der Waals surface area contributed by atoms with Crippen molar-refractivity contribution in [1.29, 1.82) is 0 Å². The van der Waals surface area contributed by atoms with Crippen LogP contribution >= 0.6 is 0 Å². The van der Waals surface area contributed by atoms with E-state index in [9.17, 15) is 9.18 Å². The number of carbonyl (C=O) groups excluding carboxylic acids is 1. The number of rotatable bonds is 3. The van der Waals surface area contributed by atoms with E-state index in [1.807, 2.05) is 0 Å². The average Bonchev–Trinajstić information content (AvgIpc) is 2.86. The van der Waals surface area contributed by atoms with Gasteiger partial charge in [-0.2, -0.15) is 5.10 Å². The molecule has 19 heavy (non-hydrogen) atoms. The second kappa shape index (κ2) is 5.19. The van der Waals surface area contributed by atoms with Gasteiger partial charge in [-0.25, -0.2) is 9.07 Å². The molecule has 1 atom stereocenters. The van der Waals surface area contributed by atoms with E-state index in [-0.39, 0.29) is 23.3 Å². The van der Waals surface area contributed by atoms with E-state index in [1.54, 1.807) is 19.1 Å².